The molecule has 0 amide bonds. The van der Waals surface area contributed by atoms with Gasteiger partial charge in [-0.25, -0.2) is 0 Å². The minimum atomic E-state index is -0.115. The van der Waals surface area contributed by atoms with Gasteiger partial charge in [0.25, 0.3) is 0 Å². The van der Waals surface area contributed by atoms with E-state index < -0.39 is 0 Å². The van der Waals surface area contributed by atoms with Crippen LogP contribution in [-0.4, -0.2) is 87.3 Å². The molecule has 0 N–H and O–H groups in total. The van der Waals surface area contributed by atoms with E-state index >= 15 is 0 Å². The van der Waals surface area contributed by atoms with Crippen LogP contribution < -0.4 is 0 Å². The number of rotatable bonds is 35. The van der Waals surface area contributed by atoms with Crippen LogP contribution in [0.25, 0.3) is 0 Å². The lowest BCUT2D eigenvalue weighted by atomic mass is 9.94. The SMILES string of the molecule is C=C=C=C=CC(CCCCC)CCOC(=O)CCCCCCCC(CCCCCCCC(=O)OCCC(C)CCCCC)C(=O)OCCN1CCN(C)CC1. The van der Waals surface area contributed by atoms with Crippen molar-refractivity contribution >= 4 is 17.9 Å². The lowest BCUT2D eigenvalue weighted by Gasteiger charge is -2.32. The third-order valence-corrected chi connectivity index (χ3v) is 11.0. The second-order valence-corrected chi connectivity index (χ2v) is 16.1. The molecule has 1 aliphatic rings. The van der Waals surface area contributed by atoms with Crippen molar-refractivity contribution in [1.29, 1.82) is 0 Å². The van der Waals surface area contributed by atoms with E-state index in [0.29, 0.717) is 44.5 Å². The Balaban J connectivity index is 2.33. The summed E-state index contributed by atoms with van der Waals surface area (Å²) in [6.07, 6.45) is 25.9. The fraction of sp³-hybridized carbons (Fsp3) is 0.830. The number of allylic oxidation sites excluding steroid dienone is 1. The number of unbranched alkanes of at least 4 members (excludes halogenated alkanes) is 12. The molecule has 1 fully saturated rings. The number of piperazine rings is 1. The normalized spacial score (nSPS) is 14.9. The van der Waals surface area contributed by atoms with E-state index in [1.807, 2.05) is 6.08 Å². The molecule has 3 atom stereocenters. The van der Waals surface area contributed by atoms with E-state index in [1.54, 1.807) is 0 Å². The van der Waals surface area contributed by atoms with Crippen molar-refractivity contribution in [1.82, 2.24) is 9.80 Å². The van der Waals surface area contributed by atoms with Gasteiger partial charge in [-0.3, -0.25) is 19.3 Å². The van der Waals surface area contributed by atoms with Crippen molar-refractivity contribution < 1.29 is 28.6 Å². The van der Waals surface area contributed by atoms with Gasteiger partial charge in [0.05, 0.1) is 19.1 Å². The predicted octanol–water partition coefficient (Wildman–Crippen LogP) is 10.8. The van der Waals surface area contributed by atoms with Gasteiger partial charge in [0.15, 0.2) is 0 Å². The molecule has 0 radical (unpaired) electrons. The van der Waals surface area contributed by atoms with Crippen LogP contribution in [0.3, 0.4) is 0 Å². The first-order valence-corrected chi connectivity index (χ1v) is 22.5. The molecule has 3 unspecified atom stereocenters. The fourth-order valence-corrected chi connectivity index (χ4v) is 7.13. The van der Waals surface area contributed by atoms with Gasteiger partial charge in [-0.2, -0.15) is 0 Å². The smallest absolute Gasteiger partial charge is 0.308 e. The monoisotopic (exact) mass is 771 g/mol. The number of esters is 3. The summed E-state index contributed by atoms with van der Waals surface area (Å²) in [5, 5.41) is 0. The van der Waals surface area contributed by atoms with Gasteiger partial charge in [0, 0.05) is 45.6 Å². The molecule has 1 saturated heterocycles. The number of ether oxygens (including phenoxy) is 3. The molecule has 0 bridgehead atoms. The summed E-state index contributed by atoms with van der Waals surface area (Å²) in [5.74, 6) is 0.642. The topological polar surface area (TPSA) is 85.4 Å². The zero-order valence-corrected chi connectivity index (χ0v) is 36.0. The number of hydrogen-bond donors (Lipinski definition) is 0. The maximum atomic E-state index is 13.2. The van der Waals surface area contributed by atoms with Crippen LogP contribution in [0.5, 0.6) is 0 Å². The van der Waals surface area contributed by atoms with Gasteiger partial charge in [-0.15, -0.1) is 0 Å². The Morgan fingerprint density at radius 3 is 1.75 bits per heavy atom. The number of carbonyl (C=O) groups excluding carboxylic acids is 3. The molecule has 0 aromatic heterocycles. The maximum Gasteiger partial charge on any atom is 0.308 e. The van der Waals surface area contributed by atoms with Crippen LogP contribution in [0.2, 0.25) is 0 Å². The highest BCUT2D eigenvalue weighted by atomic mass is 16.5. The summed E-state index contributed by atoms with van der Waals surface area (Å²) >= 11 is 0. The van der Waals surface area contributed by atoms with Gasteiger partial charge in [-0.05, 0) is 82.2 Å². The zero-order valence-electron chi connectivity index (χ0n) is 36.0. The van der Waals surface area contributed by atoms with Crippen LogP contribution in [0, 0.1) is 17.8 Å². The molecular formula is C47H82N2O6. The number of likely N-dealkylation sites (N-methyl/N-ethyl adjacent to an activating group) is 1. The molecule has 1 heterocycles. The molecule has 0 aromatic carbocycles. The Kier molecular flexibility index (Phi) is 32.8. The molecule has 316 valence electrons. The lowest BCUT2D eigenvalue weighted by molar-refractivity contribution is -0.150. The number of carbonyl (C=O) groups is 3. The summed E-state index contributed by atoms with van der Waals surface area (Å²) in [7, 11) is 2.15. The molecule has 0 aliphatic carbocycles. The fourth-order valence-electron chi connectivity index (χ4n) is 7.13. The molecule has 1 aliphatic heterocycles. The Labute approximate surface area is 337 Å². The Morgan fingerprint density at radius 1 is 0.636 bits per heavy atom. The van der Waals surface area contributed by atoms with Crippen molar-refractivity contribution in [2.24, 2.45) is 17.8 Å². The van der Waals surface area contributed by atoms with E-state index in [-0.39, 0.29) is 23.8 Å². The standard InChI is InChI=1S/C47H82N2O6/c1-6-9-18-25-42(4)32-39-53-45(50)30-23-16-12-14-21-28-44(47(52)55-41-38-49-36-34-48(5)35-37-49)29-22-15-13-17-24-31-46(51)54-40-33-43(26-19-10-7-2)27-20-11-8-3/h26,42-44H,2,6,8-9,11-18,20-25,27-41H2,1,3-5H3. The third kappa shape index (κ3) is 30.3. The van der Waals surface area contributed by atoms with E-state index in [2.05, 4.69) is 61.4 Å². The van der Waals surface area contributed by atoms with Crippen molar-refractivity contribution in [3.8, 4) is 0 Å². The predicted molar refractivity (Wildman–Crippen MR) is 226 cm³/mol. The molecule has 0 spiro atoms. The molecule has 0 aromatic rings. The van der Waals surface area contributed by atoms with Crippen molar-refractivity contribution in [2.75, 3.05) is 59.6 Å². The highest BCUT2D eigenvalue weighted by molar-refractivity contribution is 5.72. The highest BCUT2D eigenvalue weighted by Gasteiger charge is 2.21. The molecule has 1 rings (SSSR count). The summed E-state index contributed by atoms with van der Waals surface area (Å²) in [4.78, 5) is 42.4. The Morgan fingerprint density at radius 2 is 1.16 bits per heavy atom. The first-order chi connectivity index (χ1) is 26.8. The molecule has 0 saturated carbocycles. The summed E-state index contributed by atoms with van der Waals surface area (Å²) in [6, 6.07) is 0. The average molecular weight is 771 g/mol. The largest absolute Gasteiger partial charge is 0.466 e. The summed E-state index contributed by atoms with van der Waals surface area (Å²) in [6.45, 7) is 16.6. The van der Waals surface area contributed by atoms with Crippen molar-refractivity contribution in [3.05, 3.63) is 29.8 Å². The Bertz CT molecular complexity index is 1100. The van der Waals surface area contributed by atoms with E-state index in [0.717, 1.165) is 135 Å². The lowest BCUT2D eigenvalue weighted by Crippen LogP contribution is -2.45. The first-order valence-electron chi connectivity index (χ1n) is 22.5. The van der Waals surface area contributed by atoms with Crippen LogP contribution in [0.15, 0.2) is 29.8 Å². The van der Waals surface area contributed by atoms with Gasteiger partial charge in [0.2, 0.25) is 0 Å². The van der Waals surface area contributed by atoms with Crippen LogP contribution in [0.4, 0.5) is 0 Å². The van der Waals surface area contributed by atoms with Crippen molar-refractivity contribution in [3.63, 3.8) is 0 Å². The molecular weight excluding hydrogens is 689 g/mol. The van der Waals surface area contributed by atoms with Crippen LogP contribution >= 0.6 is 0 Å². The maximum absolute atomic E-state index is 13.2. The molecule has 8 heteroatoms. The second kappa shape index (κ2) is 35.8. The van der Waals surface area contributed by atoms with E-state index in [1.165, 1.54) is 38.5 Å². The van der Waals surface area contributed by atoms with Crippen LogP contribution in [-0.2, 0) is 28.6 Å². The van der Waals surface area contributed by atoms with Crippen LogP contribution in [0.1, 0.15) is 175 Å². The minimum absolute atomic E-state index is 0.0458. The first kappa shape index (κ1) is 50.4. The molecule has 55 heavy (non-hydrogen) atoms. The van der Waals surface area contributed by atoms with Gasteiger partial charge in [-0.1, -0.05) is 129 Å². The average Bonchev–Trinajstić information content (AvgIpc) is 3.17. The number of nitrogens with zero attached hydrogens (tertiary/aromatic N) is 2. The van der Waals surface area contributed by atoms with Gasteiger partial charge in [0.1, 0.15) is 6.61 Å². The summed E-state index contributed by atoms with van der Waals surface area (Å²) < 4.78 is 16.9. The van der Waals surface area contributed by atoms with E-state index in [4.69, 9.17) is 14.2 Å². The number of hydrogen-bond acceptors (Lipinski definition) is 8. The zero-order chi connectivity index (χ0) is 40.2. The summed E-state index contributed by atoms with van der Waals surface area (Å²) in [5.41, 5.74) is 8.37. The quantitative estimate of drug-likeness (QED) is 0.0273. The third-order valence-electron chi connectivity index (χ3n) is 11.0. The second-order valence-electron chi connectivity index (χ2n) is 16.1. The minimum Gasteiger partial charge on any atom is -0.466 e. The molecule has 8 nitrogen and oxygen atoms in total. The highest BCUT2D eigenvalue weighted by Crippen LogP contribution is 2.22. The Hall–Kier alpha value is -2.59. The van der Waals surface area contributed by atoms with Gasteiger partial charge < -0.3 is 19.1 Å². The van der Waals surface area contributed by atoms with E-state index in [9.17, 15) is 14.4 Å². The van der Waals surface area contributed by atoms with Gasteiger partial charge >= 0.3 is 17.9 Å². The van der Waals surface area contributed by atoms with Crippen molar-refractivity contribution in [2.45, 2.75) is 175 Å².